The van der Waals surface area contributed by atoms with Gasteiger partial charge in [-0.15, -0.1) is 0 Å². The maximum atomic E-state index is 13.0. The van der Waals surface area contributed by atoms with Crippen LogP contribution in [-0.4, -0.2) is 81.7 Å². The minimum Gasteiger partial charge on any atom is -0.497 e. The number of nitrogens with one attached hydrogen (secondary N) is 1. The molecule has 3 saturated heterocycles. The smallest absolute Gasteiger partial charge is 0.253 e. The Hall–Kier alpha value is -2.12. The zero-order chi connectivity index (χ0) is 20.5. The van der Waals surface area contributed by atoms with Crippen LogP contribution < -0.4 is 10.1 Å². The van der Waals surface area contributed by atoms with E-state index in [2.05, 4.69) is 10.2 Å². The molecule has 0 unspecified atom stereocenters. The molecule has 3 aliphatic rings. The van der Waals surface area contributed by atoms with E-state index in [9.17, 15) is 9.59 Å². The van der Waals surface area contributed by atoms with E-state index in [1.807, 2.05) is 23.1 Å². The van der Waals surface area contributed by atoms with E-state index in [4.69, 9.17) is 9.47 Å². The summed E-state index contributed by atoms with van der Waals surface area (Å²) in [4.78, 5) is 30.3. The topological polar surface area (TPSA) is 71.1 Å². The summed E-state index contributed by atoms with van der Waals surface area (Å²) in [6, 6.07) is 7.32. The van der Waals surface area contributed by atoms with Crippen molar-refractivity contribution in [2.24, 2.45) is 10.8 Å². The van der Waals surface area contributed by atoms with Gasteiger partial charge in [0.2, 0.25) is 5.91 Å². The van der Waals surface area contributed by atoms with Crippen molar-refractivity contribution < 1.29 is 19.1 Å². The number of benzene rings is 1. The second kappa shape index (κ2) is 7.95. The van der Waals surface area contributed by atoms with Crippen molar-refractivity contribution in [1.82, 2.24) is 15.1 Å². The van der Waals surface area contributed by atoms with Gasteiger partial charge in [0.15, 0.2) is 0 Å². The average Bonchev–Trinajstić information content (AvgIpc) is 3.27. The molecule has 3 aliphatic heterocycles. The number of fused-ring (bicyclic) bond motifs is 1. The van der Waals surface area contributed by atoms with Gasteiger partial charge >= 0.3 is 0 Å². The Kier molecular flexibility index (Phi) is 5.53. The van der Waals surface area contributed by atoms with Gasteiger partial charge in [0.25, 0.3) is 5.91 Å². The molecule has 158 valence electrons. The largest absolute Gasteiger partial charge is 0.497 e. The minimum absolute atomic E-state index is 0.0397. The normalized spacial score (nSPS) is 26.3. The van der Waals surface area contributed by atoms with Gasteiger partial charge in [-0.1, -0.05) is 6.07 Å². The summed E-state index contributed by atoms with van der Waals surface area (Å²) in [6.07, 6.45) is 2.61. The molecule has 1 aromatic carbocycles. The molecule has 2 spiro atoms. The molecule has 1 atom stereocenters. The Balaban J connectivity index is 1.50. The van der Waals surface area contributed by atoms with Crippen molar-refractivity contribution in [3.63, 3.8) is 0 Å². The number of ether oxygens (including phenoxy) is 2. The van der Waals surface area contributed by atoms with E-state index < -0.39 is 0 Å². The molecule has 29 heavy (non-hydrogen) atoms. The zero-order valence-corrected chi connectivity index (χ0v) is 17.4. The van der Waals surface area contributed by atoms with Gasteiger partial charge in [-0.3, -0.25) is 14.5 Å². The van der Waals surface area contributed by atoms with E-state index in [-0.39, 0.29) is 22.6 Å². The van der Waals surface area contributed by atoms with Crippen LogP contribution in [-0.2, 0) is 9.53 Å². The summed E-state index contributed by atoms with van der Waals surface area (Å²) in [5, 5.41) is 3.08. The van der Waals surface area contributed by atoms with E-state index in [1.165, 1.54) is 0 Å². The third-order valence-corrected chi connectivity index (χ3v) is 7.24. The molecule has 3 fully saturated rings. The Morgan fingerprint density at radius 2 is 1.97 bits per heavy atom. The zero-order valence-electron chi connectivity index (χ0n) is 17.4. The second-order valence-corrected chi connectivity index (χ2v) is 8.60. The Morgan fingerprint density at radius 1 is 1.17 bits per heavy atom. The van der Waals surface area contributed by atoms with Crippen molar-refractivity contribution in [2.45, 2.75) is 19.3 Å². The lowest BCUT2D eigenvalue weighted by molar-refractivity contribution is -0.133. The molecule has 0 saturated carbocycles. The van der Waals surface area contributed by atoms with Crippen LogP contribution >= 0.6 is 0 Å². The lowest BCUT2D eigenvalue weighted by Gasteiger charge is -2.46. The van der Waals surface area contributed by atoms with Crippen LogP contribution in [0.3, 0.4) is 0 Å². The van der Waals surface area contributed by atoms with E-state index >= 15 is 0 Å². The lowest BCUT2D eigenvalue weighted by Crippen LogP contribution is -2.53. The van der Waals surface area contributed by atoms with E-state index in [0.717, 1.165) is 45.4 Å². The molecule has 0 radical (unpaired) electrons. The van der Waals surface area contributed by atoms with E-state index in [1.54, 1.807) is 20.3 Å². The molecule has 7 heteroatoms. The monoisotopic (exact) mass is 401 g/mol. The number of methoxy groups -OCH3 is 2. The van der Waals surface area contributed by atoms with Crippen molar-refractivity contribution in [3.8, 4) is 5.75 Å². The molecule has 7 nitrogen and oxygen atoms in total. The fourth-order valence-electron chi connectivity index (χ4n) is 5.61. The second-order valence-electron chi connectivity index (χ2n) is 8.60. The number of piperidine rings is 1. The maximum absolute atomic E-state index is 13.0. The molecular weight excluding hydrogens is 370 g/mol. The van der Waals surface area contributed by atoms with Crippen LogP contribution in [0.15, 0.2) is 24.3 Å². The van der Waals surface area contributed by atoms with Gasteiger partial charge in [0, 0.05) is 57.4 Å². The maximum Gasteiger partial charge on any atom is 0.253 e. The first-order valence-corrected chi connectivity index (χ1v) is 10.5. The van der Waals surface area contributed by atoms with Crippen LogP contribution in [0.5, 0.6) is 5.75 Å². The number of carbonyl (C=O) groups excluding carboxylic acids is 2. The predicted octanol–water partition coefficient (Wildman–Crippen LogP) is 1.39. The highest BCUT2D eigenvalue weighted by atomic mass is 16.5. The Labute approximate surface area is 172 Å². The average molecular weight is 402 g/mol. The van der Waals surface area contributed by atoms with Crippen LogP contribution in [0, 0.1) is 10.8 Å². The summed E-state index contributed by atoms with van der Waals surface area (Å²) in [5.74, 6) is 0.929. The van der Waals surface area contributed by atoms with Crippen molar-refractivity contribution in [2.75, 3.05) is 60.1 Å². The molecule has 0 bridgehead atoms. The standard InChI is InChI=1S/C22H31N3O4/c1-28-13-12-24-15-21(22(16-24)6-9-23-20(22)27)7-10-25(11-8-21)19(26)17-4-3-5-18(14-17)29-2/h3-5,14H,6-13,15-16H2,1-2H3,(H,23,27)/t22-/m1/s1. The molecule has 0 aromatic heterocycles. The molecule has 0 aliphatic carbocycles. The Morgan fingerprint density at radius 3 is 2.62 bits per heavy atom. The minimum atomic E-state index is -0.328. The number of amides is 2. The molecule has 2 amide bonds. The van der Waals surface area contributed by atoms with Gasteiger partial charge in [-0.25, -0.2) is 0 Å². The summed E-state index contributed by atoms with van der Waals surface area (Å²) >= 11 is 0. The van der Waals surface area contributed by atoms with Gasteiger partial charge < -0.3 is 19.7 Å². The predicted molar refractivity (Wildman–Crippen MR) is 109 cm³/mol. The number of nitrogens with zero attached hydrogens (tertiary/aromatic N) is 2. The van der Waals surface area contributed by atoms with Gasteiger partial charge in [-0.05, 0) is 37.5 Å². The Bertz CT molecular complexity index is 775. The summed E-state index contributed by atoms with van der Waals surface area (Å²) in [5.41, 5.74) is 0.264. The quantitative estimate of drug-likeness (QED) is 0.807. The van der Waals surface area contributed by atoms with Crippen molar-refractivity contribution >= 4 is 11.8 Å². The summed E-state index contributed by atoms with van der Waals surface area (Å²) in [7, 11) is 3.32. The number of hydrogen-bond acceptors (Lipinski definition) is 5. The van der Waals surface area contributed by atoms with Crippen LogP contribution in [0.2, 0.25) is 0 Å². The molecular formula is C22H31N3O4. The highest BCUT2D eigenvalue weighted by Gasteiger charge is 2.63. The highest BCUT2D eigenvalue weighted by molar-refractivity contribution is 5.94. The number of carbonyl (C=O) groups is 2. The first-order chi connectivity index (χ1) is 14.0. The highest BCUT2D eigenvalue weighted by Crippen LogP contribution is 2.56. The molecule has 1 aromatic rings. The van der Waals surface area contributed by atoms with Crippen LogP contribution in [0.4, 0.5) is 0 Å². The fourth-order valence-corrected chi connectivity index (χ4v) is 5.61. The third-order valence-electron chi connectivity index (χ3n) is 7.24. The third kappa shape index (κ3) is 3.40. The number of hydrogen-bond donors (Lipinski definition) is 1. The first-order valence-electron chi connectivity index (χ1n) is 10.5. The summed E-state index contributed by atoms with van der Waals surface area (Å²) in [6.45, 7) is 5.35. The lowest BCUT2D eigenvalue weighted by atomic mass is 9.60. The SMILES string of the molecule is COCCN1CC2(CCN(C(=O)c3cccc(OC)c3)CC2)[C@]2(CCNC2=O)C1. The van der Waals surface area contributed by atoms with Crippen LogP contribution in [0.25, 0.3) is 0 Å². The molecule has 3 heterocycles. The number of rotatable bonds is 5. The number of likely N-dealkylation sites (tertiary alicyclic amines) is 2. The van der Waals surface area contributed by atoms with Gasteiger partial charge in [0.1, 0.15) is 5.75 Å². The van der Waals surface area contributed by atoms with Gasteiger partial charge in [0.05, 0.1) is 19.1 Å². The first kappa shape index (κ1) is 20.2. The van der Waals surface area contributed by atoms with Crippen molar-refractivity contribution in [1.29, 1.82) is 0 Å². The van der Waals surface area contributed by atoms with Gasteiger partial charge in [-0.2, -0.15) is 0 Å². The van der Waals surface area contributed by atoms with Crippen LogP contribution in [0.1, 0.15) is 29.6 Å². The van der Waals surface area contributed by atoms with Crippen molar-refractivity contribution in [3.05, 3.63) is 29.8 Å². The fraction of sp³-hybridized carbons (Fsp3) is 0.636. The van der Waals surface area contributed by atoms with E-state index in [0.29, 0.717) is 31.0 Å². The summed E-state index contributed by atoms with van der Waals surface area (Å²) < 4.78 is 10.5. The molecule has 1 N–H and O–H groups in total. The molecule has 4 rings (SSSR count).